The Morgan fingerprint density at radius 2 is 2.00 bits per heavy atom. The molecule has 0 fully saturated rings. The molecule has 2 aromatic rings. The molecule has 0 unspecified atom stereocenters. The summed E-state index contributed by atoms with van der Waals surface area (Å²) < 4.78 is 5.31. The minimum atomic E-state index is 0.448. The van der Waals surface area contributed by atoms with Gasteiger partial charge in [-0.05, 0) is 24.1 Å². The Balaban J connectivity index is 2.50. The van der Waals surface area contributed by atoms with E-state index in [2.05, 4.69) is 16.9 Å². The van der Waals surface area contributed by atoms with Crippen molar-refractivity contribution in [3.8, 4) is 23.2 Å². The fraction of sp³-hybridized carbons (Fsp3) is 0.214. The van der Waals surface area contributed by atoms with Gasteiger partial charge in [-0.15, -0.1) is 0 Å². The first-order valence-electron chi connectivity index (χ1n) is 5.68. The van der Waals surface area contributed by atoms with Gasteiger partial charge in [0, 0.05) is 12.4 Å². The lowest BCUT2D eigenvalue weighted by atomic mass is 10.1. The molecule has 0 aliphatic carbocycles. The van der Waals surface area contributed by atoms with Crippen molar-refractivity contribution in [2.45, 2.75) is 13.3 Å². The standard InChI is InChI=1S/C14H13N3O/c1-3-10-4-5-13(18-2)12(6-10)14-16-8-11(7-15)9-17-14/h4-6,8-9H,3H2,1-2H3. The zero-order chi connectivity index (χ0) is 13.0. The maximum Gasteiger partial charge on any atom is 0.162 e. The molecule has 4 heteroatoms. The largest absolute Gasteiger partial charge is 0.496 e. The first-order valence-corrected chi connectivity index (χ1v) is 5.68. The lowest BCUT2D eigenvalue weighted by molar-refractivity contribution is 0.416. The van der Waals surface area contributed by atoms with Gasteiger partial charge in [-0.25, -0.2) is 9.97 Å². The van der Waals surface area contributed by atoms with Gasteiger partial charge in [-0.3, -0.25) is 0 Å². The van der Waals surface area contributed by atoms with E-state index in [1.165, 1.54) is 18.0 Å². The molecule has 1 aromatic heterocycles. The number of methoxy groups -OCH3 is 1. The van der Waals surface area contributed by atoms with Gasteiger partial charge >= 0.3 is 0 Å². The molecule has 1 heterocycles. The second-order valence-corrected chi connectivity index (χ2v) is 3.80. The molecule has 4 nitrogen and oxygen atoms in total. The van der Waals surface area contributed by atoms with E-state index in [9.17, 15) is 0 Å². The van der Waals surface area contributed by atoms with Gasteiger partial charge in [0.05, 0.1) is 18.2 Å². The summed E-state index contributed by atoms with van der Waals surface area (Å²) in [6, 6.07) is 7.95. The lowest BCUT2D eigenvalue weighted by Gasteiger charge is -2.08. The molecule has 2 rings (SSSR count). The molecule has 0 saturated carbocycles. The van der Waals surface area contributed by atoms with Crippen LogP contribution in [0.4, 0.5) is 0 Å². The minimum Gasteiger partial charge on any atom is -0.496 e. The van der Waals surface area contributed by atoms with Crippen molar-refractivity contribution in [3.05, 3.63) is 41.7 Å². The fourth-order valence-electron chi connectivity index (χ4n) is 1.67. The molecular weight excluding hydrogens is 226 g/mol. The van der Waals surface area contributed by atoms with Crippen molar-refractivity contribution < 1.29 is 4.74 Å². The smallest absolute Gasteiger partial charge is 0.162 e. The van der Waals surface area contributed by atoms with Gasteiger partial charge in [0.2, 0.25) is 0 Å². The first-order chi connectivity index (χ1) is 8.78. The molecule has 0 aliphatic heterocycles. The zero-order valence-electron chi connectivity index (χ0n) is 10.3. The highest BCUT2D eigenvalue weighted by molar-refractivity contribution is 5.65. The van der Waals surface area contributed by atoms with Crippen LogP contribution < -0.4 is 4.74 Å². The average molecular weight is 239 g/mol. The van der Waals surface area contributed by atoms with Crippen molar-refractivity contribution in [1.82, 2.24) is 9.97 Å². The maximum atomic E-state index is 8.73. The van der Waals surface area contributed by atoms with Gasteiger partial charge in [0.25, 0.3) is 0 Å². The molecule has 0 bridgehead atoms. The fourth-order valence-corrected chi connectivity index (χ4v) is 1.67. The van der Waals surface area contributed by atoms with Gasteiger partial charge in [0.15, 0.2) is 5.82 Å². The summed E-state index contributed by atoms with van der Waals surface area (Å²) in [5.74, 6) is 1.30. The second-order valence-electron chi connectivity index (χ2n) is 3.80. The van der Waals surface area contributed by atoms with Gasteiger partial charge in [0.1, 0.15) is 11.8 Å². The van der Waals surface area contributed by atoms with Crippen LogP contribution in [0.3, 0.4) is 0 Å². The van der Waals surface area contributed by atoms with Crippen LogP contribution in [0.5, 0.6) is 5.75 Å². The number of benzene rings is 1. The molecule has 90 valence electrons. The van der Waals surface area contributed by atoms with Crippen LogP contribution in [-0.4, -0.2) is 17.1 Å². The molecular formula is C14H13N3O. The monoisotopic (exact) mass is 239 g/mol. The van der Waals surface area contributed by atoms with E-state index in [0.717, 1.165) is 17.7 Å². The van der Waals surface area contributed by atoms with Gasteiger partial charge < -0.3 is 4.74 Å². The molecule has 0 aliphatic rings. The highest BCUT2D eigenvalue weighted by atomic mass is 16.5. The van der Waals surface area contributed by atoms with Gasteiger partial charge in [-0.1, -0.05) is 13.0 Å². The van der Waals surface area contributed by atoms with E-state index in [1.807, 2.05) is 24.3 Å². The molecule has 1 aromatic carbocycles. The zero-order valence-corrected chi connectivity index (χ0v) is 10.3. The lowest BCUT2D eigenvalue weighted by Crippen LogP contribution is -1.95. The van der Waals surface area contributed by atoms with Crippen LogP contribution in [0.15, 0.2) is 30.6 Å². The first kappa shape index (κ1) is 12.1. The van der Waals surface area contributed by atoms with E-state index in [1.54, 1.807) is 7.11 Å². The second kappa shape index (κ2) is 5.28. The highest BCUT2D eigenvalue weighted by Gasteiger charge is 2.09. The van der Waals surface area contributed by atoms with Crippen LogP contribution in [0.1, 0.15) is 18.1 Å². The van der Waals surface area contributed by atoms with Crippen LogP contribution in [0.25, 0.3) is 11.4 Å². The molecule has 0 spiro atoms. The number of hydrogen-bond acceptors (Lipinski definition) is 4. The molecule has 0 amide bonds. The summed E-state index contributed by atoms with van der Waals surface area (Å²) in [5, 5.41) is 8.73. The molecule has 0 atom stereocenters. The highest BCUT2D eigenvalue weighted by Crippen LogP contribution is 2.28. The third-order valence-electron chi connectivity index (χ3n) is 2.69. The Kier molecular flexibility index (Phi) is 3.54. The van der Waals surface area contributed by atoms with Crippen molar-refractivity contribution in [2.24, 2.45) is 0 Å². The number of nitriles is 1. The molecule has 0 N–H and O–H groups in total. The van der Waals surface area contributed by atoms with E-state index >= 15 is 0 Å². The minimum absolute atomic E-state index is 0.448. The van der Waals surface area contributed by atoms with Crippen molar-refractivity contribution in [1.29, 1.82) is 5.26 Å². The van der Waals surface area contributed by atoms with Gasteiger partial charge in [-0.2, -0.15) is 5.26 Å². The molecule has 18 heavy (non-hydrogen) atoms. The average Bonchev–Trinajstić information content (AvgIpc) is 2.46. The molecule has 0 saturated heterocycles. The predicted octanol–water partition coefficient (Wildman–Crippen LogP) is 2.59. The Bertz CT molecular complexity index is 585. The normalized spacial score (nSPS) is 9.83. The SMILES string of the molecule is CCc1ccc(OC)c(-c2ncc(C#N)cn2)c1. The van der Waals surface area contributed by atoms with Crippen molar-refractivity contribution >= 4 is 0 Å². The summed E-state index contributed by atoms with van der Waals surface area (Å²) in [6.07, 6.45) is 3.97. The predicted molar refractivity (Wildman–Crippen MR) is 68.1 cm³/mol. The topological polar surface area (TPSA) is 58.8 Å². The van der Waals surface area contributed by atoms with Crippen LogP contribution in [-0.2, 0) is 6.42 Å². The van der Waals surface area contributed by atoms with E-state index in [-0.39, 0.29) is 0 Å². The Morgan fingerprint density at radius 1 is 1.28 bits per heavy atom. The summed E-state index contributed by atoms with van der Waals surface area (Å²) in [7, 11) is 1.62. The third-order valence-corrected chi connectivity index (χ3v) is 2.69. The van der Waals surface area contributed by atoms with Crippen LogP contribution in [0, 0.1) is 11.3 Å². The summed E-state index contributed by atoms with van der Waals surface area (Å²) in [6.45, 7) is 2.09. The number of ether oxygens (including phenoxy) is 1. The van der Waals surface area contributed by atoms with Crippen molar-refractivity contribution in [3.63, 3.8) is 0 Å². The van der Waals surface area contributed by atoms with Crippen LogP contribution in [0.2, 0.25) is 0 Å². The third kappa shape index (κ3) is 2.30. The number of hydrogen-bond donors (Lipinski definition) is 0. The van der Waals surface area contributed by atoms with E-state index in [4.69, 9.17) is 10.00 Å². The Labute approximate surface area is 106 Å². The number of rotatable bonds is 3. The number of nitrogens with zero attached hydrogens (tertiary/aromatic N) is 3. The Morgan fingerprint density at radius 3 is 2.56 bits per heavy atom. The quantitative estimate of drug-likeness (QED) is 0.826. The van der Waals surface area contributed by atoms with E-state index < -0.39 is 0 Å². The van der Waals surface area contributed by atoms with Crippen molar-refractivity contribution in [2.75, 3.05) is 7.11 Å². The van der Waals surface area contributed by atoms with Crippen LogP contribution >= 0.6 is 0 Å². The van der Waals surface area contributed by atoms with E-state index in [0.29, 0.717) is 11.4 Å². The summed E-state index contributed by atoms with van der Waals surface area (Å²) in [4.78, 5) is 8.38. The molecule has 0 radical (unpaired) electrons. The number of aromatic nitrogens is 2. The Hall–Kier alpha value is -2.41. The summed E-state index contributed by atoms with van der Waals surface area (Å²) in [5.41, 5.74) is 2.49. The maximum absolute atomic E-state index is 8.73. The summed E-state index contributed by atoms with van der Waals surface area (Å²) >= 11 is 0. The number of aryl methyl sites for hydroxylation is 1.